The lowest BCUT2D eigenvalue weighted by Crippen LogP contribution is -1.78. The van der Waals surface area contributed by atoms with Crippen molar-refractivity contribution in [2.75, 3.05) is 0 Å². The molecule has 1 aromatic heterocycles. The fourth-order valence-corrected chi connectivity index (χ4v) is 3.25. The topological polar surface area (TPSA) is 0 Å². The summed E-state index contributed by atoms with van der Waals surface area (Å²) in [6.45, 7) is 4.07. The summed E-state index contributed by atoms with van der Waals surface area (Å²) in [5, 5.41) is 0.723. The van der Waals surface area contributed by atoms with Gasteiger partial charge in [0.2, 0.25) is 0 Å². The van der Waals surface area contributed by atoms with Gasteiger partial charge >= 0.3 is 0 Å². The first-order valence-electron chi connectivity index (χ1n) is 5.91. The first-order chi connectivity index (χ1) is 8.65. The molecule has 3 aromatic rings. The van der Waals surface area contributed by atoms with Crippen LogP contribution in [0.4, 0.5) is 4.39 Å². The number of rotatable bonds is 1. The van der Waals surface area contributed by atoms with Crippen molar-refractivity contribution in [1.82, 2.24) is 0 Å². The Kier molecular flexibility index (Phi) is 2.67. The molecule has 1 heterocycles. The van der Waals surface area contributed by atoms with Gasteiger partial charge < -0.3 is 0 Å². The molecule has 0 fully saturated rings. The van der Waals surface area contributed by atoms with E-state index in [1.54, 1.807) is 0 Å². The molecular formula is C16H13FS. The number of aryl methyl sites for hydroxylation is 2. The van der Waals surface area contributed by atoms with Gasteiger partial charge in [-0.25, -0.2) is 4.39 Å². The van der Waals surface area contributed by atoms with Gasteiger partial charge in [0.15, 0.2) is 0 Å². The van der Waals surface area contributed by atoms with Gasteiger partial charge in [0, 0.05) is 10.1 Å². The molecule has 2 heteroatoms. The van der Waals surface area contributed by atoms with Crippen LogP contribution in [-0.2, 0) is 0 Å². The van der Waals surface area contributed by atoms with Crippen molar-refractivity contribution in [3.8, 4) is 10.4 Å². The van der Waals surface area contributed by atoms with Gasteiger partial charge in [-0.2, -0.15) is 0 Å². The second-order valence-electron chi connectivity index (χ2n) is 4.61. The standard InChI is InChI=1S/C16H13FS/c1-10-3-6-12(7-4-10)16-15(17)13-8-5-11(2)9-14(13)18-16/h3-9H,1-2H3. The molecule has 0 unspecified atom stereocenters. The molecule has 0 N–H and O–H groups in total. The minimum absolute atomic E-state index is 0.0983. The molecule has 0 nitrogen and oxygen atoms in total. The van der Waals surface area contributed by atoms with Gasteiger partial charge in [-0.15, -0.1) is 11.3 Å². The Balaban J connectivity index is 2.23. The Morgan fingerprint density at radius 1 is 0.889 bits per heavy atom. The summed E-state index contributed by atoms with van der Waals surface area (Å²) in [7, 11) is 0. The van der Waals surface area contributed by atoms with E-state index >= 15 is 0 Å². The van der Waals surface area contributed by atoms with Crippen LogP contribution < -0.4 is 0 Å². The van der Waals surface area contributed by atoms with E-state index in [-0.39, 0.29) is 5.82 Å². The molecule has 0 atom stereocenters. The first-order valence-corrected chi connectivity index (χ1v) is 6.72. The van der Waals surface area contributed by atoms with Crippen LogP contribution in [0.25, 0.3) is 20.5 Å². The zero-order valence-electron chi connectivity index (χ0n) is 10.3. The summed E-state index contributed by atoms with van der Waals surface area (Å²) >= 11 is 1.52. The van der Waals surface area contributed by atoms with Gasteiger partial charge in [0.25, 0.3) is 0 Å². The van der Waals surface area contributed by atoms with Crippen molar-refractivity contribution in [2.45, 2.75) is 13.8 Å². The van der Waals surface area contributed by atoms with E-state index in [0.717, 1.165) is 20.5 Å². The third-order valence-corrected chi connectivity index (χ3v) is 4.28. The molecule has 0 amide bonds. The highest BCUT2D eigenvalue weighted by Crippen LogP contribution is 2.37. The number of fused-ring (bicyclic) bond motifs is 1. The van der Waals surface area contributed by atoms with Crippen LogP contribution in [0.5, 0.6) is 0 Å². The SMILES string of the molecule is Cc1ccc(-c2sc3cc(C)ccc3c2F)cc1. The highest BCUT2D eigenvalue weighted by molar-refractivity contribution is 7.22. The lowest BCUT2D eigenvalue weighted by molar-refractivity contribution is 0.647. The number of hydrogen-bond donors (Lipinski definition) is 0. The van der Waals surface area contributed by atoms with Crippen LogP contribution in [-0.4, -0.2) is 0 Å². The van der Waals surface area contributed by atoms with Crippen molar-refractivity contribution in [3.63, 3.8) is 0 Å². The molecule has 0 radical (unpaired) electrons. The zero-order valence-corrected chi connectivity index (χ0v) is 11.1. The molecule has 0 aliphatic carbocycles. The predicted octanol–water partition coefficient (Wildman–Crippen LogP) is 5.32. The normalized spacial score (nSPS) is 11.1. The van der Waals surface area contributed by atoms with E-state index in [9.17, 15) is 4.39 Å². The summed E-state index contributed by atoms with van der Waals surface area (Å²) in [6, 6.07) is 13.9. The van der Waals surface area contributed by atoms with Crippen molar-refractivity contribution in [1.29, 1.82) is 0 Å². The van der Waals surface area contributed by atoms with Crippen molar-refractivity contribution in [2.24, 2.45) is 0 Å². The van der Waals surface area contributed by atoms with Crippen molar-refractivity contribution in [3.05, 3.63) is 59.4 Å². The summed E-state index contributed by atoms with van der Waals surface area (Å²) in [5.74, 6) is -0.0983. The molecule has 90 valence electrons. The maximum absolute atomic E-state index is 14.4. The second-order valence-corrected chi connectivity index (χ2v) is 5.66. The highest BCUT2D eigenvalue weighted by atomic mass is 32.1. The van der Waals surface area contributed by atoms with Gasteiger partial charge in [-0.1, -0.05) is 42.0 Å². The van der Waals surface area contributed by atoms with E-state index in [0.29, 0.717) is 0 Å². The molecule has 2 aromatic carbocycles. The Labute approximate surface area is 110 Å². The smallest absolute Gasteiger partial charge is 0.149 e. The summed E-state index contributed by atoms with van der Waals surface area (Å²) in [6.07, 6.45) is 0. The Morgan fingerprint density at radius 3 is 2.28 bits per heavy atom. The predicted molar refractivity (Wildman–Crippen MR) is 76.7 cm³/mol. The van der Waals surface area contributed by atoms with E-state index in [4.69, 9.17) is 0 Å². The minimum atomic E-state index is -0.0983. The number of benzene rings is 2. The fourth-order valence-electron chi connectivity index (χ4n) is 2.06. The van der Waals surface area contributed by atoms with E-state index in [1.807, 2.05) is 56.3 Å². The number of hydrogen-bond acceptors (Lipinski definition) is 1. The van der Waals surface area contributed by atoms with Gasteiger partial charge in [-0.05, 0) is 31.0 Å². The summed E-state index contributed by atoms with van der Waals surface area (Å²) < 4.78 is 15.4. The maximum atomic E-state index is 14.4. The molecule has 0 saturated heterocycles. The largest absolute Gasteiger partial charge is 0.205 e. The molecule has 0 bridgehead atoms. The molecule has 0 aliphatic heterocycles. The van der Waals surface area contributed by atoms with Crippen molar-refractivity contribution >= 4 is 21.4 Å². The monoisotopic (exact) mass is 256 g/mol. The van der Waals surface area contributed by atoms with Crippen LogP contribution in [0, 0.1) is 19.7 Å². The Hall–Kier alpha value is -1.67. The van der Waals surface area contributed by atoms with Crippen LogP contribution in [0.2, 0.25) is 0 Å². The van der Waals surface area contributed by atoms with E-state index in [2.05, 4.69) is 0 Å². The summed E-state index contributed by atoms with van der Waals surface area (Å²) in [5.41, 5.74) is 3.31. The highest BCUT2D eigenvalue weighted by Gasteiger charge is 2.13. The van der Waals surface area contributed by atoms with Crippen LogP contribution in [0.15, 0.2) is 42.5 Å². The number of thiophene rings is 1. The maximum Gasteiger partial charge on any atom is 0.149 e. The first kappa shape index (κ1) is 11.4. The Bertz CT molecular complexity index is 708. The fraction of sp³-hybridized carbons (Fsp3) is 0.125. The van der Waals surface area contributed by atoms with Gasteiger partial charge in [-0.3, -0.25) is 0 Å². The lowest BCUT2D eigenvalue weighted by atomic mass is 10.1. The number of halogens is 1. The third kappa shape index (κ3) is 1.83. The minimum Gasteiger partial charge on any atom is -0.205 e. The van der Waals surface area contributed by atoms with E-state index in [1.165, 1.54) is 22.5 Å². The molecule has 0 spiro atoms. The molecule has 0 saturated carbocycles. The van der Waals surface area contributed by atoms with Crippen LogP contribution in [0.1, 0.15) is 11.1 Å². The Morgan fingerprint density at radius 2 is 1.56 bits per heavy atom. The third-order valence-electron chi connectivity index (χ3n) is 3.10. The average Bonchev–Trinajstić information content (AvgIpc) is 2.67. The van der Waals surface area contributed by atoms with Crippen LogP contribution >= 0.6 is 11.3 Å². The zero-order chi connectivity index (χ0) is 12.7. The van der Waals surface area contributed by atoms with Crippen molar-refractivity contribution < 1.29 is 4.39 Å². The van der Waals surface area contributed by atoms with E-state index < -0.39 is 0 Å². The molecular weight excluding hydrogens is 243 g/mol. The second kappa shape index (κ2) is 4.21. The average molecular weight is 256 g/mol. The summed E-state index contributed by atoms with van der Waals surface area (Å²) in [4.78, 5) is 0.732. The molecule has 3 rings (SSSR count). The van der Waals surface area contributed by atoms with Gasteiger partial charge in [0.1, 0.15) is 5.82 Å². The van der Waals surface area contributed by atoms with Crippen LogP contribution in [0.3, 0.4) is 0 Å². The quantitative estimate of drug-likeness (QED) is 0.552. The lowest BCUT2D eigenvalue weighted by Gasteiger charge is -1.98. The molecule has 0 aliphatic rings. The van der Waals surface area contributed by atoms with Gasteiger partial charge in [0.05, 0.1) is 4.88 Å². The molecule has 18 heavy (non-hydrogen) atoms.